The van der Waals surface area contributed by atoms with E-state index < -0.39 is 6.10 Å². The first-order valence-corrected chi connectivity index (χ1v) is 6.48. The average Bonchev–Trinajstić information content (AvgIpc) is 2.46. The fraction of sp³-hybridized carbons (Fsp3) is 0.250. The maximum Gasteiger partial charge on any atom is 0.141 e. The Morgan fingerprint density at radius 2 is 1.80 bits per heavy atom. The van der Waals surface area contributed by atoms with Crippen LogP contribution in [-0.4, -0.2) is 11.1 Å². The molecule has 2 rings (SSSR count). The predicted octanol–water partition coefficient (Wildman–Crippen LogP) is 2.79. The zero-order chi connectivity index (χ0) is 14.5. The van der Waals surface area contributed by atoms with Crippen molar-refractivity contribution in [3.63, 3.8) is 0 Å². The second kappa shape index (κ2) is 6.50. The summed E-state index contributed by atoms with van der Waals surface area (Å²) in [6.07, 6.45) is -0.559. The van der Waals surface area contributed by atoms with Gasteiger partial charge in [0.15, 0.2) is 0 Å². The smallest absolute Gasteiger partial charge is 0.141 e. The molecule has 0 saturated carbocycles. The number of aliphatic hydroxyl groups is 1. The monoisotopic (exact) mass is 275 g/mol. The molecule has 0 fully saturated rings. The summed E-state index contributed by atoms with van der Waals surface area (Å²) in [7, 11) is 0. The molecule has 0 aliphatic heterocycles. The van der Waals surface area contributed by atoms with E-state index in [0.29, 0.717) is 11.3 Å². The van der Waals surface area contributed by atoms with Gasteiger partial charge in [-0.25, -0.2) is 4.39 Å². The fourth-order valence-corrected chi connectivity index (χ4v) is 1.98. The highest BCUT2D eigenvalue weighted by Gasteiger charge is 2.21. The van der Waals surface area contributed by atoms with Gasteiger partial charge < -0.3 is 15.6 Å². The highest BCUT2D eigenvalue weighted by molar-refractivity contribution is 5.29. The summed E-state index contributed by atoms with van der Waals surface area (Å²) in [4.78, 5) is 0. The van der Waals surface area contributed by atoms with Crippen LogP contribution in [0, 0.1) is 5.82 Å². The van der Waals surface area contributed by atoms with Crippen molar-refractivity contribution < 1.29 is 14.2 Å². The molecule has 2 atom stereocenters. The molecule has 0 saturated heterocycles. The van der Waals surface area contributed by atoms with Crippen LogP contribution in [0.4, 0.5) is 4.39 Å². The van der Waals surface area contributed by atoms with Crippen molar-refractivity contribution in [2.24, 2.45) is 5.73 Å². The van der Waals surface area contributed by atoms with E-state index in [-0.39, 0.29) is 18.5 Å². The number of aliphatic hydroxyl groups excluding tert-OH is 1. The molecule has 0 aromatic heterocycles. The van der Waals surface area contributed by atoms with Gasteiger partial charge in [-0.1, -0.05) is 30.3 Å². The van der Waals surface area contributed by atoms with E-state index in [1.807, 2.05) is 0 Å². The molecule has 20 heavy (non-hydrogen) atoms. The number of benzene rings is 2. The summed E-state index contributed by atoms with van der Waals surface area (Å²) >= 11 is 0. The first kappa shape index (κ1) is 14.5. The van der Waals surface area contributed by atoms with Gasteiger partial charge in [0.2, 0.25) is 0 Å². The van der Waals surface area contributed by atoms with Crippen LogP contribution in [0.25, 0.3) is 0 Å². The quantitative estimate of drug-likeness (QED) is 0.882. The van der Waals surface area contributed by atoms with E-state index in [2.05, 4.69) is 0 Å². The second-order valence-corrected chi connectivity index (χ2v) is 4.72. The molecule has 0 aliphatic rings. The van der Waals surface area contributed by atoms with Gasteiger partial charge in [-0.15, -0.1) is 0 Å². The van der Waals surface area contributed by atoms with E-state index in [1.54, 1.807) is 49.4 Å². The Morgan fingerprint density at radius 3 is 2.35 bits per heavy atom. The van der Waals surface area contributed by atoms with Crippen molar-refractivity contribution in [1.29, 1.82) is 0 Å². The largest absolute Gasteiger partial charge is 0.484 e. The molecular weight excluding hydrogens is 257 g/mol. The Hall–Kier alpha value is -1.91. The van der Waals surface area contributed by atoms with Gasteiger partial charge in [0, 0.05) is 11.6 Å². The van der Waals surface area contributed by atoms with Crippen molar-refractivity contribution in [1.82, 2.24) is 0 Å². The highest BCUT2D eigenvalue weighted by atomic mass is 19.1. The lowest BCUT2D eigenvalue weighted by Crippen LogP contribution is -2.29. The molecule has 2 unspecified atom stereocenters. The third-order valence-electron chi connectivity index (χ3n) is 3.06. The summed E-state index contributed by atoms with van der Waals surface area (Å²) in [5, 5.41) is 9.00. The molecule has 2 aromatic carbocycles. The predicted molar refractivity (Wildman–Crippen MR) is 75.8 cm³/mol. The van der Waals surface area contributed by atoms with Crippen molar-refractivity contribution in [3.8, 4) is 5.75 Å². The van der Waals surface area contributed by atoms with Crippen LogP contribution in [0.1, 0.15) is 24.2 Å². The molecule has 0 bridgehead atoms. The maximum absolute atomic E-state index is 13.9. The molecule has 3 nitrogen and oxygen atoms in total. The summed E-state index contributed by atoms with van der Waals surface area (Å²) < 4.78 is 19.6. The van der Waals surface area contributed by atoms with Crippen LogP contribution in [0.3, 0.4) is 0 Å². The lowest BCUT2D eigenvalue weighted by molar-refractivity contribution is 0.175. The summed E-state index contributed by atoms with van der Waals surface area (Å²) in [6.45, 7) is 1.75. The lowest BCUT2D eigenvalue weighted by atomic mass is 10.0. The number of nitrogens with two attached hydrogens (primary N) is 1. The first-order valence-electron chi connectivity index (χ1n) is 6.48. The molecular formula is C16H18FNO2. The summed E-state index contributed by atoms with van der Waals surface area (Å²) in [5.74, 6) is 0.259. The van der Waals surface area contributed by atoms with Crippen LogP contribution in [0.2, 0.25) is 0 Å². The van der Waals surface area contributed by atoms with Crippen LogP contribution in [0.15, 0.2) is 48.5 Å². The number of halogens is 1. The Kier molecular flexibility index (Phi) is 4.71. The van der Waals surface area contributed by atoms with Gasteiger partial charge in [0.25, 0.3) is 0 Å². The second-order valence-electron chi connectivity index (χ2n) is 4.72. The Morgan fingerprint density at radius 1 is 1.15 bits per heavy atom. The fourth-order valence-electron chi connectivity index (χ4n) is 1.98. The van der Waals surface area contributed by atoms with E-state index in [1.165, 1.54) is 6.07 Å². The number of hydrogen-bond acceptors (Lipinski definition) is 3. The number of hydrogen-bond donors (Lipinski definition) is 2. The molecule has 2 aromatic rings. The lowest BCUT2D eigenvalue weighted by Gasteiger charge is -2.23. The molecule has 0 spiro atoms. The minimum Gasteiger partial charge on any atom is -0.484 e. The van der Waals surface area contributed by atoms with E-state index in [0.717, 1.165) is 5.56 Å². The Labute approximate surface area is 117 Å². The van der Waals surface area contributed by atoms with E-state index >= 15 is 0 Å². The molecule has 4 heteroatoms. The van der Waals surface area contributed by atoms with Gasteiger partial charge in [0.1, 0.15) is 17.7 Å². The minimum absolute atomic E-state index is 0.0235. The number of rotatable bonds is 5. The zero-order valence-corrected chi connectivity index (χ0v) is 11.3. The maximum atomic E-state index is 13.9. The van der Waals surface area contributed by atoms with E-state index in [9.17, 15) is 4.39 Å². The molecule has 0 aliphatic carbocycles. The van der Waals surface area contributed by atoms with Gasteiger partial charge in [0.05, 0.1) is 6.61 Å². The summed E-state index contributed by atoms with van der Waals surface area (Å²) in [5.41, 5.74) is 7.14. The zero-order valence-electron chi connectivity index (χ0n) is 11.3. The Bertz CT molecular complexity index is 555. The minimum atomic E-state index is -0.559. The highest BCUT2D eigenvalue weighted by Crippen LogP contribution is 2.26. The number of ether oxygens (including phenoxy) is 1. The SMILES string of the molecule is CC(N)C(Oc1ccc(CO)cc1)c1ccccc1F. The topological polar surface area (TPSA) is 55.5 Å². The van der Waals surface area contributed by atoms with Gasteiger partial charge in [-0.3, -0.25) is 0 Å². The van der Waals surface area contributed by atoms with Gasteiger partial charge >= 0.3 is 0 Å². The third-order valence-corrected chi connectivity index (χ3v) is 3.06. The molecule has 0 amide bonds. The molecule has 0 heterocycles. The van der Waals surface area contributed by atoms with Crippen LogP contribution >= 0.6 is 0 Å². The normalized spacial score (nSPS) is 13.8. The van der Waals surface area contributed by atoms with Crippen molar-refractivity contribution in [2.75, 3.05) is 0 Å². The molecule has 3 N–H and O–H groups in total. The molecule has 0 radical (unpaired) electrons. The van der Waals surface area contributed by atoms with Crippen molar-refractivity contribution >= 4 is 0 Å². The van der Waals surface area contributed by atoms with Crippen LogP contribution in [-0.2, 0) is 6.61 Å². The third kappa shape index (κ3) is 3.35. The van der Waals surface area contributed by atoms with Crippen LogP contribution in [0.5, 0.6) is 5.75 Å². The van der Waals surface area contributed by atoms with Crippen LogP contribution < -0.4 is 10.5 Å². The average molecular weight is 275 g/mol. The van der Waals surface area contributed by atoms with E-state index in [4.69, 9.17) is 15.6 Å². The first-order chi connectivity index (χ1) is 9.61. The molecule has 106 valence electrons. The Balaban J connectivity index is 2.23. The standard InChI is InChI=1S/C16H18FNO2/c1-11(18)16(14-4-2-3-5-15(14)17)20-13-8-6-12(10-19)7-9-13/h2-9,11,16,19H,10,18H2,1H3. The summed E-state index contributed by atoms with van der Waals surface area (Å²) in [6, 6.07) is 13.1. The van der Waals surface area contributed by atoms with Gasteiger partial charge in [-0.05, 0) is 30.7 Å². The van der Waals surface area contributed by atoms with Crippen molar-refractivity contribution in [3.05, 3.63) is 65.5 Å². The van der Waals surface area contributed by atoms with Gasteiger partial charge in [-0.2, -0.15) is 0 Å². The van der Waals surface area contributed by atoms with Crippen molar-refractivity contribution in [2.45, 2.75) is 25.7 Å².